The molecule has 5 heteroatoms. The van der Waals surface area contributed by atoms with Gasteiger partial charge in [-0.1, -0.05) is 0 Å². The topological polar surface area (TPSA) is 71.1 Å². The summed E-state index contributed by atoms with van der Waals surface area (Å²) in [5.74, 6) is 0.372. The van der Waals surface area contributed by atoms with Crippen LogP contribution in [0.1, 0.15) is 42.5 Å². The third-order valence-electron chi connectivity index (χ3n) is 4.46. The summed E-state index contributed by atoms with van der Waals surface area (Å²) in [5.41, 5.74) is 5.33. The lowest BCUT2D eigenvalue weighted by atomic mass is 9.83. The molecule has 2 aliphatic carbocycles. The van der Waals surface area contributed by atoms with Crippen molar-refractivity contribution in [2.24, 2.45) is 11.3 Å². The summed E-state index contributed by atoms with van der Waals surface area (Å²) in [7, 11) is 0. The molecule has 2 saturated carbocycles. The standard InChI is InChI=1S/C14H17N3O2/c18-12(11-3-7-15-8-4-11)16-17-13(19)14-5-1-10(9-14)2-6-14/h3-4,7-8,10H,1-2,5-6,9H2,(H,16,18)(H,17,19). The van der Waals surface area contributed by atoms with Crippen LogP contribution in [-0.4, -0.2) is 16.8 Å². The van der Waals surface area contributed by atoms with Crippen molar-refractivity contribution < 1.29 is 9.59 Å². The van der Waals surface area contributed by atoms with Crippen LogP contribution >= 0.6 is 0 Å². The molecular formula is C14H17N3O2. The molecule has 1 aromatic rings. The van der Waals surface area contributed by atoms with E-state index in [1.54, 1.807) is 24.5 Å². The summed E-state index contributed by atoms with van der Waals surface area (Å²) in [6.45, 7) is 0. The van der Waals surface area contributed by atoms with Gasteiger partial charge in [-0.05, 0) is 50.2 Å². The van der Waals surface area contributed by atoms with Gasteiger partial charge in [0.15, 0.2) is 0 Å². The van der Waals surface area contributed by atoms with Crippen molar-refractivity contribution in [1.82, 2.24) is 15.8 Å². The summed E-state index contributed by atoms with van der Waals surface area (Å²) in [4.78, 5) is 27.9. The van der Waals surface area contributed by atoms with E-state index >= 15 is 0 Å². The maximum atomic E-state index is 12.2. The first-order valence-corrected chi connectivity index (χ1v) is 6.70. The molecule has 2 aliphatic rings. The highest BCUT2D eigenvalue weighted by Gasteiger charge is 2.50. The van der Waals surface area contributed by atoms with Crippen molar-refractivity contribution in [3.05, 3.63) is 30.1 Å². The van der Waals surface area contributed by atoms with E-state index in [4.69, 9.17) is 0 Å². The van der Waals surface area contributed by atoms with Gasteiger partial charge in [0.25, 0.3) is 5.91 Å². The lowest BCUT2D eigenvalue weighted by Crippen LogP contribution is -2.48. The summed E-state index contributed by atoms with van der Waals surface area (Å²) < 4.78 is 0. The van der Waals surface area contributed by atoms with Crippen molar-refractivity contribution in [1.29, 1.82) is 0 Å². The SMILES string of the molecule is O=C(NNC(=O)C12CCC(CC1)C2)c1ccncc1. The van der Waals surface area contributed by atoms with Gasteiger partial charge in [-0.3, -0.25) is 25.4 Å². The second-order valence-electron chi connectivity index (χ2n) is 5.57. The van der Waals surface area contributed by atoms with E-state index < -0.39 is 0 Å². The number of aromatic nitrogens is 1. The predicted octanol–water partition coefficient (Wildman–Crippen LogP) is 1.42. The minimum absolute atomic E-state index is 0.0325. The molecular weight excluding hydrogens is 242 g/mol. The lowest BCUT2D eigenvalue weighted by molar-refractivity contribution is -0.131. The van der Waals surface area contributed by atoms with Gasteiger partial charge in [-0.2, -0.15) is 0 Å². The minimum Gasteiger partial charge on any atom is -0.273 e. The second-order valence-corrected chi connectivity index (χ2v) is 5.57. The number of fused-ring (bicyclic) bond motifs is 2. The molecule has 2 amide bonds. The Morgan fingerprint density at radius 2 is 1.84 bits per heavy atom. The average Bonchev–Trinajstić information content (AvgIpc) is 3.07. The van der Waals surface area contributed by atoms with Crippen molar-refractivity contribution >= 4 is 11.8 Å². The number of pyridine rings is 1. The molecule has 5 nitrogen and oxygen atoms in total. The van der Waals surface area contributed by atoms with Crippen molar-refractivity contribution in [2.45, 2.75) is 32.1 Å². The van der Waals surface area contributed by atoms with E-state index in [0.29, 0.717) is 11.5 Å². The zero-order chi connectivity index (χ0) is 13.3. The molecule has 0 saturated heterocycles. The van der Waals surface area contributed by atoms with Crippen LogP contribution in [0.4, 0.5) is 0 Å². The maximum Gasteiger partial charge on any atom is 0.269 e. The van der Waals surface area contributed by atoms with Crippen LogP contribution in [0, 0.1) is 11.3 Å². The molecule has 2 fully saturated rings. The fourth-order valence-corrected chi connectivity index (χ4v) is 3.33. The van der Waals surface area contributed by atoms with Crippen LogP contribution in [0.5, 0.6) is 0 Å². The molecule has 19 heavy (non-hydrogen) atoms. The van der Waals surface area contributed by atoms with Gasteiger partial charge in [-0.15, -0.1) is 0 Å². The van der Waals surface area contributed by atoms with Gasteiger partial charge in [0, 0.05) is 18.0 Å². The molecule has 0 atom stereocenters. The monoisotopic (exact) mass is 259 g/mol. The largest absolute Gasteiger partial charge is 0.273 e. The Balaban J connectivity index is 1.58. The first-order chi connectivity index (χ1) is 9.20. The summed E-state index contributed by atoms with van der Waals surface area (Å²) >= 11 is 0. The zero-order valence-electron chi connectivity index (χ0n) is 10.7. The molecule has 2 bridgehead atoms. The number of hydrogen-bond acceptors (Lipinski definition) is 3. The number of hydrogen-bond donors (Lipinski definition) is 2. The molecule has 0 radical (unpaired) electrons. The fraction of sp³-hybridized carbons (Fsp3) is 0.500. The highest BCUT2D eigenvalue weighted by molar-refractivity contribution is 5.95. The molecule has 0 unspecified atom stereocenters. The molecule has 1 aromatic heterocycles. The summed E-state index contributed by atoms with van der Waals surface area (Å²) in [6, 6.07) is 3.22. The third kappa shape index (κ3) is 2.20. The average molecular weight is 259 g/mol. The van der Waals surface area contributed by atoms with Crippen LogP contribution in [0.3, 0.4) is 0 Å². The van der Waals surface area contributed by atoms with Crippen LogP contribution in [-0.2, 0) is 4.79 Å². The number of nitrogens with one attached hydrogen (secondary N) is 2. The minimum atomic E-state index is -0.306. The Labute approximate surface area is 111 Å². The van der Waals surface area contributed by atoms with Gasteiger partial charge < -0.3 is 0 Å². The van der Waals surface area contributed by atoms with Crippen molar-refractivity contribution in [3.8, 4) is 0 Å². The van der Waals surface area contributed by atoms with E-state index in [9.17, 15) is 9.59 Å². The van der Waals surface area contributed by atoms with E-state index in [1.807, 2.05) is 0 Å². The third-order valence-corrected chi connectivity index (χ3v) is 4.46. The smallest absolute Gasteiger partial charge is 0.269 e. The van der Waals surface area contributed by atoms with Crippen molar-refractivity contribution in [2.75, 3.05) is 0 Å². The Bertz CT molecular complexity index is 493. The molecule has 0 aromatic carbocycles. The normalized spacial score (nSPS) is 28.1. The summed E-state index contributed by atoms with van der Waals surface area (Å²) in [5, 5.41) is 0. The molecule has 1 heterocycles. The van der Waals surface area contributed by atoms with Gasteiger partial charge >= 0.3 is 0 Å². The Morgan fingerprint density at radius 1 is 1.16 bits per heavy atom. The van der Waals surface area contributed by atoms with Crippen LogP contribution in [0.15, 0.2) is 24.5 Å². The quantitative estimate of drug-likeness (QED) is 0.789. The second kappa shape index (κ2) is 4.64. The number of rotatable bonds is 2. The van der Waals surface area contributed by atoms with Gasteiger partial charge in [0.1, 0.15) is 0 Å². The van der Waals surface area contributed by atoms with Gasteiger partial charge in [0.2, 0.25) is 5.91 Å². The molecule has 3 rings (SSSR count). The highest BCUT2D eigenvalue weighted by Crippen LogP contribution is 2.54. The van der Waals surface area contributed by atoms with E-state index in [2.05, 4.69) is 15.8 Å². The van der Waals surface area contributed by atoms with Crippen LogP contribution in [0.25, 0.3) is 0 Å². The number of carbonyl (C=O) groups is 2. The number of amides is 2. The van der Waals surface area contributed by atoms with Gasteiger partial charge in [-0.25, -0.2) is 0 Å². The Morgan fingerprint density at radius 3 is 2.42 bits per heavy atom. The zero-order valence-corrected chi connectivity index (χ0v) is 10.7. The van der Waals surface area contributed by atoms with E-state index in [1.165, 1.54) is 0 Å². The predicted molar refractivity (Wildman–Crippen MR) is 68.9 cm³/mol. The fourth-order valence-electron chi connectivity index (χ4n) is 3.33. The van der Waals surface area contributed by atoms with Gasteiger partial charge in [0.05, 0.1) is 5.41 Å². The molecule has 0 aliphatic heterocycles. The lowest BCUT2D eigenvalue weighted by Gasteiger charge is -2.25. The summed E-state index contributed by atoms with van der Waals surface area (Å²) in [6.07, 6.45) is 8.27. The number of nitrogens with zero attached hydrogens (tertiary/aromatic N) is 1. The van der Waals surface area contributed by atoms with E-state index in [0.717, 1.165) is 32.1 Å². The van der Waals surface area contributed by atoms with Crippen LogP contribution < -0.4 is 10.9 Å². The molecule has 0 spiro atoms. The first kappa shape index (κ1) is 12.1. The maximum absolute atomic E-state index is 12.2. The molecule has 2 N–H and O–H groups in total. The van der Waals surface area contributed by atoms with E-state index in [-0.39, 0.29) is 17.2 Å². The number of hydrazine groups is 1. The van der Waals surface area contributed by atoms with Crippen LogP contribution in [0.2, 0.25) is 0 Å². The molecule has 100 valence electrons. The Kier molecular flexibility index (Phi) is 2.97. The Hall–Kier alpha value is -1.91. The van der Waals surface area contributed by atoms with Crippen molar-refractivity contribution in [3.63, 3.8) is 0 Å². The first-order valence-electron chi connectivity index (χ1n) is 6.70. The highest BCUT2D eigenvalue weighted by atomic mass is 16.2. The number of carbonyl (C=O) groups excluding carboxylic acids is 2.